The molecule has 0 spiro atoms. The van der Waals surface area contributed by atoms with Gasteiger partial charge in [0.2, 0.25) is 5.78 Å². The molecule has 0 amide bonds. The van der Waals surface area contributed by atoms with E-state index in [0.717, 1.165) is 5.00 Å². The quantitative estimate of drug-likeness (QED) is 0.515. The van der Waals surface area contributed by atoms with Crippen molar-refractivity contribution >= 4 is 39.2 Å². The summed E-state index contributed by atoms with van der Waals surface area (Å²) in [6.45, 7) is 0. The van der Waals surface area contributed by atoms with Gasteiger partial charge in [-0.2, -0.15) is 0 Å². The number of hydrogen-bond acceptors (Lipinski definition) is 5. The average molecular weight is 339 g/mol. The van der Waals surface area contributed by atoms with Gasteiger partial charge in [-0.3, -0.25) is 9.59 Å². The van der Waals surface area contributed by atoms with Gasteiger partial charge >= 0.3 is 0 Å². The van der Waals surface area contributed by atoms with Crippen LogP contribution in [0.4, 0.5) is 5.00 Å². The lowest BCUT2D eigenvalue weighted by Crippen LogP contribution is -2.13. The summed E-state index contributed by atoms with van der Waals surface area (Å²) in [5, 5.41) is 7.63. The van der Waals surface area contributed by atoms with Gasteiger partial charge in [0.15, 0.2) is 5.78 Å². The number of Topliss-reactive ketones (excluding diaryl/α,β-unsaturated/α-hetero) is 1. The maximum absolute atomic E-state index is 12.7. The van der Waals surface area contributed by atoms with E-state index in [-0.39, 0.29) is 17.3 Å². The third-order valence-corrected chi connectivity index (χ3v) is 4.77. The second kappa shape index (κ2) is 7.17. The van der Waals surface area contributed by atoms with E-state index in [0.29, 0.717) is 10.4 Å². The molecule has 0 unspecified atom stereocenters. The van der Waals surface area contributed by atoms with E-state index in [1.807, 2.05) is 35.0 Å². The number of nitrogens with one attached hydrogen (secondary N) is 1. The van der Waals surface area contributed by atoms with Crippen molar-refractivity contribution in [1.29, 1.82) is 0 Å². The van der Waals surface area contributed by atoms with E-state index in [2.05, 4.69) is 5.32 Å². The molecule has 5 heteroatoms. The first kappa shape index (κ1) is 15.4. The number of hydrogen-bond donors (Lipinski definition) is 1. The Hall–Kier alpha value is -2.50. The fourth-order valence-electron chi connectivity index (χ4n) is 2.01. The molecule has 1 N–H and O–H groups in total. The molecule has 0 aliphatic carbocycles. The Morgan fingerprint density at radius 3 is 2.26 bits per heavy atom. The molecule has 0 aliphatic rings. The van der Waals surface area contributed by atoms with Gasteiger partial charge in [0.1, 0.15) is 0 Å². The fraction of sp³-hybridized carbons (Fsp3) is 0. The van der Waals surface area contributed by atoms with Crippen molar-refractivity contribution in [2.24, 2.45) is 0 Å². The molecule has 2 aromatic heterocycles. The van der Waals surface area contributed by atoms with Gasteiger partial charge in [0.25, 0.3) is 0 Å². The molecule has 3 nitrogen and oxygen atoms in total. The Kier molecular flexibility index (Phi) is 4.80. The highest BCUT2D eigenvalue weighted by Gasteiger charge is 2.15. The number of anilines is 1. The summed E-state index contributed by atoms with van der Waals surface area (Å²) < 4.78 is 0. The number of thiophene rings is 2. The van der Waals surface area contributed by atoms with Crippen LogP contribution in [0.5, 0.6) is 0 Å². The molecule has 3 rings (SSSR count). The monoisotopic (exact) mass is 339 g/mol. The maximum Gasteiger partial charge on any atom is 0.209 e. The average Bonchev–Trinajstić information content (AvgIpc) is 3.28. The minimum Gasteiger partial charge on any atom is -0.344 e. The Morgan fingerprint density at radius 2 is 1.61 bits per heavy atom. The molecule has 3 aromatic rings. The SMILES string of the molecule is O=C(C(=CC(=O)c1cccs1)Nc1cccs1)c1ccccc1. The van der Waals surface area contributed by atoms with Crippen LogP contribution in [0.25, 0.3) is 0 Å². The molecule has 0 bridgehead atoms. The van der Waals surface area contributed by atoms with E-state index < -0.39 is 0 Å². The van der Waals surface area contributed by atoms with Crippen LogP contribution in [0.1, 0.15) is 20.0 Å². The van der Waals surface area contributed by atoms with E-state index >= 15 is 0 Å². The van der Waals surface area contributed by atoms with Crippen molar-refractivity contribution < 1.29 is 9.59 Å². The molecule has 0 saturated heterocycles. The lowest BCUT2D eigenvalue weighted by Gasteiger charge is -2.08. The van der Waals surface area contributed by atoms with Crippen molar-refractivity contribution in [3.63, 3.8) is 0 Å². The molecule has 0 atom stereocenters. The fourth-order valence-corrected chi connectivity index (χ4v) is 3.27. The van der Waals surface area contributed by atoms with Crippen LogP contribution >= 0.6 is 22.7 Å². The lowest BCUT2D eigenvalue weighted by atomic mass is 10.1. The van der Waals surface area contributed by atoms with Crippen molar-refractivity contribution in [2.75, 3.05) is 5.32 Å². The molecular formula is C18H13NO2S2. The zero-order chi connectivity index (χ0) is 16.1. The van der Waals surface area contributed by atoms with Gasteiger partial charge in [-0.1, -0.05) is 36.4 Å². The predicted molar refractivity (Wildman–Crippen MR) is 95.4 cm³/mol. The number of benzene rings is 1. The molecule has 1 aromatic carbocycles. The minimum absolute atomic E-state index is 0.177. The van der Waals surface area contributed by atoms with Crippen LogP contribution in [0.3, 0.4) is 0 Å². The van der Waals surface area contributed by atoms with Crippen LogP contribution in [0.2, 0.25) is 0 Å². The molecule has 0 saturated carbocycles. The summed E-state index contributed by atoms with van der Waals surface area (Å²) in [7, 11) is 0. The van der Waals surface area contributed by atoms with Gasteiger partial charge in [-0.25, -0.2) is 0 Å². The van der Waals surface area contributed by atoms with Gasteiger partial charge in [0, 0.05) is 11.6 Å². The smallest absolute Gasteiger partial charge is 0.209 e. The summed E-state index contributed by atoms with van der Waals surface area (Å²) in [5.41, 5.74) is 0.818. The van der Waals surface area contributed by atoms with Crippen molar-refractivity contribution in [1.82, 2.24) is 0 Å². The van der Waals surface area contributed by atoms with Gasteiger partial charge in [-0.05, 0) is 29.0 Å². The van der Waals surface area contributed by atoms with Gasteiger partial charge in [0.05, 0.1) is 15.6 Å². The number of rotatable bonds is 6. The highest BCUT2D eigenvalue weighted by atomic mass is 32.1. The summed E-state index contributed by atoms with van der Waals surface area (Å²) >= 11 is 2.83. The van der Waals surface area contributed by atoms with Crippen LogP contribution in [0, 0.1) is 0 Å². The summed E-state index contributed by atoms with van der Waals surface area (Å²) in [5.74, 6) is -0.382. The third kappa shape index (κ3) is 3.83. The summed E-state index contributed by atoms with van der Waals surface area (Å²) in [4.78, 5) is 25.6. The van der Waals surface area contributed by atoms with E-state index in [1.54, 1.807) is 30.3 Å². The van der Waals surface area contributed by atoms with Crippen LogP contribution < -0.4 is 5.32 Å². The van der Waals surface area contributed by atoms with Crippen LogP contribution in [-0.4, -0.2) is 11.6 Å². The highest BCUT2D eigenvalue weighted by molar-refractivity contribution is 7.14. The normalized spacial score (nSPS) is 11.2. The second-order valence-corrected chi connectivity index (χ2v) is 6.59. The first-order chi connectivity index (χ1) is 11.2. The standard InChI is InChI=1S/C18H13NO2S2/c20-15(16-8-4-10-22-16)12-14(19-17-9-5-11-23-17)18(21)13-6-2-1-3-7-13/h1-12,19H. The molecule has 0 aliphatic heterocycles. The number of carbonyl (C=O) groups is 2. The largest absolute Gasteiger partial charge is 0.344 e. The molecule has 114 valence electrons. The van der Waals surface area contributed by atoms with E-state index in [4.69, 9.17) is 0 Å². The number of carbonyl (C=O) groups excluding carboxylic acids is 2. The van der Waals surface area contributed by atoms with Gasteiger partial charge in [-0.15, -0.1) is 22.7 Å². The molecule has 0 radical (unpaired) electrons. The lowest BCUT2D eigenvalue weighted by molar-refractivity contribution is 0.101. The Bertz CT molecular complexity index is 819. The van der Waals surface area contributed by atoms with Gasteiger partial charge < -0.3 is 5.32 Å². The van der Waals surface area contributed by atoms with Crippen LogP contribution in [0.15, 0.2) is 77.1 Å². The third-order valence-electron chi connectivity index (χ3n) is 3.10. The van der Waals surface area contributed by atoms with Crippen molar-refractivity contribution in [3.05, 3.63) is 87.6 Å². The first-order valence-electron chi connectivity index (χ1n) is 6.94. The predicted octanol–water partition coefficient (Wildman–Crippen LogP) is 4.87. The second-order valence-electron chi connectivity index (χ2n) is 4.70. The zero-order valence-corrected chi connectivity index (χ0v) is 13.7. The molecule has 2 heterocycles. The molecular weight excluding hydrogens is 326 g/mol. The first-order valence-corrected chi connectivity index (χ1v) is 8.70. The Balaban J connectivity index is 1.93. The number of allylic oxidation sites excluding steroid dienone is 2. The summed E-state index contributed by atoms with van der Waals surface area (Å²) in [6, 6.07) is 16.3. The Labute approximate surface area is 141 Å². The van der Waals surface area contributed by atoms with E-state index in [1.165, 1.54) is 28.7 Å². The molecule has 0 fully saturated rings. The molecule has 23 heavy (non-hydrogen) atoms. The topological polar surface area (TPSA) is 46.2 Å². The zero-order valence-electron chi connectivity index (χ0n) is 12.1. The minimum atomic E-state index is -0.205. The summed E-state index contributed by atoms with van der Waals surface area (Å²) in [6.07, 6.45) is 1.38. The van der Waals surface area contributed by atoms with Crippen molar-refractivity contribution in [3.8, 4) is 0 Å². The highest BCUT2D eigenvalue weighted by Crippen LogP contribution is 2.20. The van der Waals surface area contributed by atoms with E-state index in [9.17, 15) is 9.59 Å². The number of ketones is 2. The Morgan fingerprint density at radius 1 is 0.870 bits per heavy atom. The van der Waals surface area contributed by atoms with Crippen LogP contribution in [-0.2, 0) is 0 Å². The maximum atomic E-state index is 12.7. The van der Waals surface area contributed by atoms with Crippen molar-refractivity contribution in [2.45, 2.75) is 0 Å².